The van der Waals surface area contributed by atoms with E-state index in [1.165, 1.54) is 45.3 Å². The molecule has 0 spiro atoms. The molecular weight excluding hydrogens is 224 g/mol. The topological polar surface area (TPSA) is 26.7 Å². The lowest BCUT2D eigenvalue weighted by Gasteiger charge is -2.44. The van der Waals surface area contributed by atoms with Crippen molar-refractivity contribution in [2.75, 3.05) is 32.7 Å². The lowest BCUT2D eigenvalue weighted by molar-refractivity contribution is -0.0175. The molecular formula is C15H30N2O. The van der Waals surface area contributed by atoms with E-state index in [0.29, 0.717) is 6.04 Å². The van der Waals surface area contributed by atoms with E-state index in [2.05, 4.69) is 23.6 Å². The summed E-state index contributed by atoms with van der Waals surface area (Å²) >= 11 is 0. The largest absolute Gasteiger partial charge is 0.391 e. The molecule has 0 aromatic rings. The molecule has 1 aliphatic heterocycles. The van der Waals surface area contributed by atoms with Gasteiger partial charge in [-0.3, -0.25) is 4.90 Å². The lowest BCUT2D eigenvalue weighted by Crippen LogP contribution is -2.55. The van der Waals surface area contributed by atoms with Gasteiger partial charge in [0.05, 0.1) is 6.10 Å². The summed E-state index contributed by atoms with van der Waals surface area (Å²) in [5.74, 6) is 0.854. The van der Waals surface area contributed by atoms with Gasteiger partial charge in [-0.05, 0) is 31.7 Å². The molecule has 1 heterocycles. The predicted molar refractivity (Wildman–Crippen MR) is 75.7 cm³/mol. The maximum Gasteiger partial charge on any atom is 0.0695 e. The van der Waals surface area contributed by atoms with Crippen molar-refractivity contribution in [2.45, 2.75) is 58.1 Å². The highest BCUT2D eigenvalue weighted by atomic mass is 16.3. The molecule has 3 nitrogen and oxygen atoms in total. The second kappa shape index (κ2) is 6.88. The molecule has 1 saturated heterocycles. The highest BCUT2D eigenvalue weighted by molar-refractivity contribution is 4.88. The maximum absolute atomic E-state index is 10.3. The van der Waals surface area contributed by atoms with Gasteiger partial charge >= 0.3 is 0 Å². The number of nitrogens with zero attached hydrogens (tertiary/aromatic N) is 2. The van der Waals surface area contributed by atoms with Gasteiger partial charge in [0.25, 0.3) is 0 Å². The summed E-state index contributed by atoms with van der Waals surface area (Å²) in [7, 11) is 0. The number of hydrogen-bond acceptors (Lipinski definition) is 3. The van der Waals surface area contributed by atoms with Gasteiger partial charge in [0.1, 0.15) is 0 Å². The van der Waals surface area contributed by atoms with Crippen LogP contribution in [0.2, 0.25) is 0 Å². The smallest absolute Gasteiger partial charge is 0.0695 e. The molecule has 1 aliphatic carbocycles. The van der Waals surface area contributed by atoms with E-state index < -0.39 is 0 Å². The van der Waals surface area contributed by atoms with E-state index in [0.717, 1.165) is 25.4 Å². The zero-order valence-electron chi connectivity index (χ0n) is 12.1. The molecule has 2 aliphatic rings. The number of aliphatic hydroxyl groups is 1. The Bertz CT molecular complexity index is 239. The maximum atomic E-state index is 10.3. The summed E-state index contributed by atoms with van der Waals surface area (Å²) in [6.45, 7) is 10.3. The van der Waals surface area contributed by atoms with Crippen LogP contribution in [0.4, 0.5) is 0 Å². The zero-order chi connectivity index (χ0) is 13.0. The first-order valence-electron chi connectivity index (χ1n) is 7.89. The third kappa shape index (κ3) is 3.46. The molecule has 3 unspecified atom stereocenters. The summed E-state index contributed by atoms with van der Waals surface area (Å²) in [5.41, 5.74) is 0. The van der Waals surface area contributed by atoms with Crippen molar-refractivity contribution in [2.24, 2.45) is 5.92 Å². The average molecular weight is 254 g/mol. The highest BCUT2D eigenvalue weighted by Crippen LogP contribution is 2.31. The van der Waals surface area contributed by atoms with Crippen molar-refractivity contribution in [3.63, 3.8) is 0 Å². The molecule has 0 amide bonds. The molecule has 0 aromatic carbocycles. The van der Waals surface area contributed by atoms with Crippen molar-refractivity contribution < 1.29 is 5.11 Å². The van der Waals surface area contributed by atoms with E-state index >= 15 is 0 Å². The molecule has 1 N–H and O–H groups in total. The summed E-state index contributed by atoms with van der Waals surface area (Å²) in [4.78, 5) is 5.06. The van der Waals surface area contributed by atoms with Crippen LogP contribution in [0.15, 0.2) is 0 Å². The summed E-state index contributed by atoms with van der Waals surface area (Å²) < 4.78 is 0. The molecule has 106 valence electrons. The minimum Gasteiger partial charge on any atom is -0.391 e. The Morgan fingerprint density at radius 1 is 1.06 bits per heavy atom. The van der Waals surface area contributed by atoms with Crippen LogP contribution in [-0.2, 0) is 0 Å². The van der Waals surface area contributed by atoms with Crippen LogP contribution in [0.25, 0.3) is 0 Å². The van der Waals surface area contributed by atoms with E-state index in [9.17, 15) is 5.11 Å². The van der Waals surface area contributed by atoms with Crippen molar-refractivity contribution in [1.82, 2.24) is 9.80 Å². The minimum atomic E-state index is -0.0775. The standard InChI is InChI=1S/C15H30N2O/c1-3-5-13-6-7-15(18)14(12-13)17-10-8-16(4-2)9-11-17/h13-15,18H,3-12H2,1-2H3. The van der Waals surface area contributed by atoms with Crippen LogP contribution >= 0.6 is 0 Å². The number of aliphatic hydroxyl groups excluding tert-OH is 1. The van der Waals surface area contributed by atoms with Crippen LogP contribution < -0.4 is 0 Å². The molecule has 0 aromatic heterocycles. The SMILES string of the molecule is CCCC1CCC(O)C(N2CCN(CC)CC2)C1. The first kappa shape index (κ1) is 14.3. The Balaban J connectivity index is 1.86. The number of piperazine rings is 1. The van der Waals surface area contributed by atoms with Crippen molar-refractivity contribution in [1.29, 1.82) is 0 Å². The Labute approximate surface area is 112 Å². The third-order valence-electron chi connectivity index (χ3n) is 4.91. The van der Waals surface area contributed by atoms with Crippen LogP contribution in [0.1, 0.15) is 46.0 Å². The van der Waals surface area contributed by atoms with E-state index in [-0.39, 0.29) is 6.10 Å². The van der Waals surface area contributed by atoms with Gasteiger partial charge in [-0.2, -0.15) is 0 Å². The van der Waals surface area contributed by atoms with Crippen LogP contribution in [0.5, 0.6) is 0 Å². The Kier molecular flexibility index (Phi) is 5.46. The summed E-state index contributed by atoms with van der Waals surface area (Å²) in [6, 6.07) is 0.439. The van der Waals surface area contributed by atoms with Gasteiger partial charge in [-0.1, -0.05) is 26.7 Å². The fourth-order valence-corrected chi connectivity index (χ4v) is 3.69. The van der Waals surface area contributed by atoms with Crippen molar-refractivity contribution in [3.05, 3.63) is 0 Å². The summed E-state index contributed by atoms with van der Waals surface area (Å²) in [6.07, 6.45) is 6.03. The molecule has 2 fully saturated rings. The second-order valence-electron chi connectivity index (χ2n) is 6.07. The first-order chi connectivity index (χ1) is 8.74. The number of hydrogen-bond donors (Lipinski definition) is 1. The Morgan fingerprint density at radius 3 is 2.39 bits per heavy atom. The van der Waals surface area contributed by atoms with E-state index in [1.54, 1.807) is 0 Å². The van der Waals surface area contributed by atoms with E-state index in [4.69, 9.17) is 0 Å². The van der Waals surface area contributed by atoms with Crippen molar-refractivity contribution >= 4 is 0 Å². The van der Waals surface area contributed by atoms with Crippen LogP contribution in [0, 0.1) is 5.92 Å². The molecule has 2 rings (SSSR count). The molecule has 3 atom stereocenters. The quantitative estimate of drug-likeness (QED) is 0.831. The predicted octanol–water partition coefficient (Wildman–Crippen LogP) is 1.95. The van der Waals surface area contributed by atoms with Gasteiger partial charge < -0.3 is 10.0 Å². The monoisotopic (exact) mass is 254 g/mol. The third-order valence-corrected chi connectivity index (χ3v) is 4.91. The van der Waals surface area contributed by atoms with Crippen LogP contribution in [0.3, 0.4) is 0 Å². The average Bonchev–Trinajstić information content (AvgIpc) is 2.41. The Hall–Kier alpha value is -0.120. The first-order valence-corrected chi connectivity index (χ1v) is 7.89. The minimum absolute atomic E-state index is 0.0775. The van der Waals surface area contributed by atoms with Gasteiger partial charge in [-0.25, -0.2) is 0 Å². The Morgan fingerprint density at radius 2 is 1.78 bits per heavy atom. The molecule has 0 bridgehead atoms. The number of likely N-dealkylation sites (N-methyl/N-ethyl adjacent to an activating group) is 1. The van der Waals surface area contributed by atoms with Crippen molar-refractivity contribution in [3.8, 4) is 0 Å². The van der Waals surface area contributed by atoms with Gasteiger partial charge in [0, 0.05) is 32.2 Å². The van der Waals surface area contributed by atoms with Gasteiger partial charge in [0.15, 0.2) is 0 Å². The van der Waals surface area contributed by atoms with Gasteiger partial charge in [-0.15, -0.1) is 0 Å². The normalized spacial score (nSPS) is 35.8. The summed E-state index contributed by atoms with van der Waals surface area (Å²) in [5, 5.41) is 10.3. The van der Waals surface area contributed by atoms with Crippen LogP contribution in [-0.4, -0.2) is 59.8 Å². The fraction of sp³-hybridized carbons (Fsp3) is 1.00. The second-order valence-corrected chi connectivity index (χ2v) is 6.07. The van der Waals surface area contributed by atoms with E-state index in [1.807, 2.05) is 0 Å². The fourth-order valence-electron chi connectivity index (χ4n) is 3.69. The zero-order valence-corrected chi connectivity index (χ0v) is 12.1. The highest BCUT2D eigenvalue weighted by Gasteiger charge is 2.34. The molecule has 3 heteroatoms. The molecule has 0 radical (unpaired) electrons. The lowest BCUT2D eigenvalue weighted by atomic mass is 9.80. The van der Waals surface area contributed by atoms with Gasteiger partial charge in [0.2, 0.25) is 0 Å². The molecule has 1 saturated carbocycles. The number of rotatable bonds is 4. The molecule has 18 heavy (non-hydrogen) atoms.